The Morgan fingerprint density at radius 3 is 2.39 bits per heavy atom. The number of hydrogen-bond donors (Lipinski definition) is 2. The molecule has 28 heavy (non-hydrogen) atoms. The fraction of sp³-hybridized carbons (Fsp3) is 0.227. The van der Waals surface area contributed by atoms with Gasteiger partial charge in [0.2, 0.25) is 11.8 Å². The van der Waals surface area contributed by atoms with Crippen LogP contribution in [0, 0.1) is 18.8 Å². The minimum atomic E-state index is -0.758. The number of nitrogens with two attached hydrogens (primary N) is 1. The van der Waals surface area contributed by atoms with E-state index in [1.807, 2.05) is 55.6 Å². The number of primary amides is 1. The lowest BCUT2D eigenvalue weighted by molar-refractivity contribution is -0.884. The molecule has 5 atom stereocenters. The van der Waals surface area contributed by atoms with Crippen LogP contribution in [0.5, 0.6) is 0 Å². The summed E-state index contributed by atoms with van der Waals surface area (Å²) in [5.74, 6) is -2.50. The topological polar surface area (TPSA) is 84.9 Å². The lowest BCUT2D eigenvalue weighted by atomic mass is 9.84. The third-order valence-electron chi connectivity index (χ3n) is 6.22. The molecular weight excluding hydrogens is 354 g/mol. The lowest BCUT2D eigenvalue weighted by Crippen LogP contribution is -3.12. The second kappa shape index (κ2) is 5.87. The predicted molar refractivity (Wildman–Crippen MR) is 103 cm³/mol. The summed E-state index contributed by atoms with van der Waals surface area (Å²) >= 11 is 0. The first kappa shape index (κ1) is 16.9. The van der Waals surface area contributed by atoms with Crippen molar-refractivity contribution < 1.29 is 19.3 Å². The van der Waals surface area contributed by atoms with E-state index in [2.05, 4.69) is 0 Å². The van der Waals surface area contributed by atoms with E-state index in [4.69, 9.17) is 5.73 Å². The molecule has 3 aliphatic heterocycles. The molecule has 3 aliphatic rings. The molecule has 6 heteroatoms. The highest BCUT2D eigenvalue weighted by molar-refractivity contribution is 6.23. The first-order valence-corrected chi connectivity index (χ1v) is 9.36. The van der Waals surface area contributed by atoms with Crippen LogP contribution in [0.25, 0.3) is 6.08 Å². The van der Waals surface area contributed by atoms with Gasteiger partial charge < -0.3 is 5.73 Å². The van der Waals surface area contributed by atoms with Crippen molar-refractivity contribution in [3.05, 3.63) is 71.4 Å². The predicted octanol–water partition coefficient (Wildman–Crippen LogP) is 0.579. The molecule has 3 amide bonds. The number of imide groups is 1. The number of aryl methyl sites for hydroxylation is 1. The Morgan fingerprint density at radius 2 is 1.68 bits per heavy atom. The second-order valence-corrected chi connectivity index (χ2v) is 7.72. The van der Waals surface area contributed by atoms with E-state index in [1.54, 1.807) is 12.1 Å². The molecule has 2 aromatic carbocycles. The van der Waals surface area contributed by atoms with Gasteiger partial charge in [0.15, 0.2) is 6.04 Å². The number of fused-ring (bicyclic) bond motifs is 5. The molecule has 6 nitrogen and oxygen atoms in total. The highest BCUT2D eigenvalue weighted by atomic mass is 16.2. The molecule has 2 aromatic rings. The third kappa shape index (κ3) is 2.15. The van der Waals surface area contributed by atoms with Crippen LogP contribution < -0.4 is 15.5 Å². The average molecular weight is 374 g/mol. The summed E-state index contributed by atoms with van der Waals surface area (Å²) < 4.78 is 0. The number of quaternary nitrogens is 1. The molecule has 0 bridgehead atoms. The lowest BCUT2D eigenvalue weighted by Gasteiger charge is -2.30. The van der Waals surface area contributed by atoms with Crippen molar-refractivity contribution in [1.82, 2.24) is 0 Å². The zero-order valence-electron chi connectivity index (χ0n) is 15.3. The van der Waals surface area contributed by atoms with Crippen molar-refractivity contribution in [1.29, 1.82) is 0 Å². The second-order valence-electron chi connectivity index (χ2n) is 7.72. The van der Waals surface area contributed by atoms with Crippen LogP contribution in [0.4, 0.5) is 5.69 Å². The van der Waals surface area contributed by atoms with Crippen molar-refractivity contribution >= 4 is 29.5 Å². The highest BCUT2D eigenvalue weighted by Gasteiger charge is 2.67. The molecule has 3 N–H and O–H groups in total. The zero-order valence-corrected chi connectivity index (χ0v) is 15.3. The van der Waals surface area contributed by atoms with Crippen LogP contribution in [0.3, 0.4) is 0 Å². The molecule has 0 aliphatic carbocycles. The number of rotatable bonds is 2. The molecule has 0 aromatic heterocycles. The summed E-state index contributed by atoms with van der Waals surface area (Å²) in [7, 11) is 0. The van der Waals surface area contributed by atoms with Gasteiger partial charge in [-0.25, -0.2) is 4.90 Å². The Hall–Kier alpha value is -3.25. The minimum absolute atomic E-state index is 0.254. The Morgan fingerprint density at radius 1 is 1.00 bits per heavy atom. The fourth-order valence-corrected chi connectivity index (χ4v) is 5.02. The molecule has 0 radical (unpaired) electrons. The summed E-state index contributed by atoms with van der Waals surface area (Å²) in [5.41, 5.74) is 9.29. The van der Waals surface area contributed by atoms with Crippen LogP contribution in [-0.4, -0.2) is 23.8 Å². The summed E-state index contributed by atoms with van der Waals surface area (Å²) in [4.78, 5) is 41.1. The molecular formula is C22H20N3O3+. The van der Waals surface area contributed by atoms with Crippen molar-refractivity contribution in [3.63, 3.8) is 0 Å². The van der Waals surface area contributed by atoms with E-state index in [0.29, 0.717) is 5.69 Å². The van der Waals surface area contributed by atoms with E-state index in [-0.39, 0.29) is 17.9 Å². The van der Waals surface area contributed by atoms with Crippen molar-refractivity contribution in [2.75, 3.05) is 4.90 Å². The van der Waals surface area contributed by atoms with Gasteiger partial charge in [-0.2, -0.15) is 0 Å². The monoisotopic (exact) mass is 374 g/mol. The number of carbonyl (C=O) groups is 3. The smallest absolute Gasteiger partial charge is 0.277 e. The molecule has 5 rings (SSSR count). The third-order valence-corrected chi connectivity index (χ3v) is 6.22. The van der Waals surface area contributed by atoms with Gasteiger partial charge >= 0.3 is 0 Å². The summed E-state index contributed by atoms with van der Waals surface area (Å²) in [6, 6.07) is 14.0. The van der Waals surface area contributed by atoms with Crippen LogP contribution in [0.2, 0.25) is 0 Å². The molecule has 0 saturated carbocycles. The molecule has 2 saturated heterocycles. The number of carbonyl (C=O) groups excluding carboxylic acids is 3. The summed E-state index contributed by atoms with van der Waals surface area (Å²) in [6.45, 7) is 1.95. The van der Waals surface area contributed by atoms with Crippen molar-refractivity contribution in [2.45, 2.75) is 19.0 Å². The van der Waals surface area contributed by atoms with Gasteiger partial charge in [-0.1, -0.05) is 42.0 Å². The molecule has 3 heterocycles. The Balaban J connectivity index is 1.65. The Kier molecular flexibility index (Phi) is 3.54. The maximum atomic E-state index is 13.4. The number of anilines is 1. The molecule has 140 valence electrons. The maximum absolute atomic E-state index is 13.4. The largest absolute Gasteiger partial charge is 0.364 e. The van der Waals surface area contributed by atoms with Crippen molar-refractivity contribution in [2.24, 2.45) is 17.6 Å². The molecule has 1 unspecified atom stereocenters. The van der Waals surface area contributed by atoms with E-state index in [0.717, 1.165) is 21.6 Å². The average Bonchev–Trinajstić information content (AvgIpc) is 3.16. The summed E-state index contributed by atoms with van der Waals surface area (Å²) in [6.07, 6.45) is 3.81. The van der Waals surface area contributed by atoms with Gasteiger partial charge in [0, 0.05) is 5.56 Å². The minimum Gasteiger partial charge on any atom is -0.364 e. The Bertz CT molecular complexity index is 1040. The molecule has 2 fully saturated rings. The van der Waals surface area contributed by atoms with Gasteiger partial charge in [0.25, 0.3) is 5.91 Å². The number of benzene rings is 2. The quantitative estimate of drug-likeness (QED) is 0.754. The van der Waals surface area contributed by atoms with Gasteiger partial charge in [-0.05, 0) is 30.7 Å². The van der Waals surface area contributed by atoms with Gasteiger partial charge in [0.1, 0.15) is 17.9 Å². The SMILES string of the molecule is Cc1ccc(N2C(=O)[C@@H]3[C@H](C2=O)[C@H](C(N)=O)[NH+]2C=Cc4ccccc4[C@@H]32)cc1. The fourth-order valence-electron chi connectivity index (χ4n) is 5.02. The van der Waals surface area contributed by atoms with Gasteiger partial charge in [-0.3, -0.25) is 19.3 Å². The van der Waals surface area contributed by atoms with Crippen LogP contribution >= 0.6 is 0 Å². The Labute approximate surface area is 162 Å². The van der Waals surface area contributed by atoms with E-state index < -0.39 is 23.8 Å². The van der Waals surface area contributed by atoms with Crippen LogP contribution in [0.15, 0.2) is 54.7 Å². The number of nitrogens with one attached hydrogen (secondary N) is 1. The molecule has 0 spiro atoms. The maximum Gasteiger partial charge on any atom is 0.277 e. The number of hydrogen-bond acceptors (Lipinski definition) is 3. The summed E-state index contributed by atoms with van der Waals surface area (Å²) in [5, 5.41) is 0. The standard InChI is InChI=1S/C22H19N3O3/c1-12-6-8-14(9-7-12)25-21(27)16-17(22(25)28)19(20(23)26)24-11-10-13-4-2-3-5-15(13)18(16)24/h2-11,16-19H,1H3,(H2,23,26)/p+1/t16-,17+,18+,19-/m1/s1. The van der Waals surface area contributed by atoms with E-state index >= 15 is 0 Å². The number of amides is 3. The van der Waals surface area contributed by atoms with E-state index in [9.17, 15) is 14.4 Å². The zero-order chi connectivity index (χ0) is 19.6. The van der Waals surface area contributed by atoms with Gasteiger partial charge in [-0.15, -0.1) is 0 Å². The number of nitrogens with zero attached hydrogens (tertiary/aromatic N) is 1. The first-order valence-electron chi connectivity index (χ1n) is 9.36. The van der Waals surface area contributed by atoms with Crippen LogP contribution in [-0.2, 0) is 14.4 Å². The highest BCUT2D eigenvalue weighted by Crippen LogP contribution is 2.44. The normalized spacial score (nSPS) is 30.2. The van der Waals surface area contributed by atoms with Crippen molar-refractivity contribution in [3.8, 4) is 0 Å². The first-order chi connectivity index (χ1) is 13.5. The van der Waals surface area contributed by atoms with Gasteiger partial charge in [0.05, 0.1) is 11.9 Å². The van der Waals surface area contributed by atoms with E-state index in [1.165, 1.54) is 4.90 Å². The van der Waals surface area contributed by atoms with Crippen LogP contribution in [0.1, 0.15) is 22.7 Å².